The number of carbonyl (C=O) groups excluding carboxylic acids is 1. The Morgan fingerprint density at radius 1 is 0.800 bits per heavy atom. The molecular weight excluding hydrogens is 309 g/mol. The molecule has 0 aliphatic heterocycles. The van der Waals surface area contributed by atoms with E-state index in [1.54, 1.807) is 0 Å². The van der Waals surface area contributed by atoms with Gasteiger partial charge in [0.25, 0.3) is 0 Å². The number of carbonyl (C=O) groups is 1. The van der Waals surface area contributed by atoms with Crippen LogP contribution in [0.5, 0.6) is 5.75 Å². The molecule has 0 saturated heterocycles. The molecule has 0 heterocycles. The lowest BCUT2D eigenvalue weighted by molar-refractivity contribution is 0.117. The Morgan fingerprint density at radius 2 is 1.13 bits per heavy atom. The van der Waals surface area contributed by atoms with Crippen molar-refractivity contribution in [2.24, 2.45) is 0 Å². The summed E-state index contributed by atoms with van der Waals surface area (Å²) in [6.45, 7) is 0. The van der Waals surface area contributed by atoms with Crippen LogP contribution < -0.4 is 4.74 Å². The molecule has 0 spiro atoms. The minimum Gasteiger partial charge on any atom is -0.389 e. The molecule has 0 amide bonds. The molecule has 1 aromatic carbocycles. The van der Waals surface area contributed by atoms with Crippen molar-refractivity contribution in [3.63, 3.8) is 0 Å². The normalized spacial score (nSPS) is 10.2. The summed E-state index contributed by atoms with van der Waals surface area (Å²) >= 11 is 28.2. The van der Waals surface area contributed by atoms with Gasteiger partial charge in [0.15, 0.2) is 5.75 Å². The second-order valence-corrected chi connectivity index (χ2v) is 4.14. The molecule has 81 valence electrons. The predicted molar refractivity (Wildman–Crippen MR) is 58.2 cm³/mol. The fourth-order valence-electron chi connectivity index (χ4n) is 0.758. The van der Waals surface area contributed by atoms with E-state index in [-0.39, 0.29) is 25.1 Å². The Balaban J connectivity index is 3.45. The lowest BCUT2D eigenvalue weighted by Gasteiger charge is -2.09. The maximum Gasteiger partial charge on any atom is 0.555 e. The van der Waals surface area contributed by atoms with Crippen LogP contribution >= 0.6 is 58.0 Å². The van der Waals surface area contributed by atoms with Crippen LogP contribution in [0.15, 0.2) is 0 Å². The van der Waals surface area contributed by atoms with E-state index in [2.05, 4.69) is 4.74 Å². The minimum absolute atomic E-state index is 0.0842. The summed E-state index contributed by atoms with van der Waals surface area (Å²) in [7, 11) is 0. The first-order valence-corrected chi connectivity index (χ1v) is 5.15. The zero-order chi connectivity index (χ0) is 11.7. The third-order valence-electron chi connectivity index (χ3n) is 1.35. The first kappa shape index (κ1) is 13.0. The zero-order valence-electron chi connectivity index (χ0n) is 6.61. The molecule has 0 bridgehead atoms. The van der Waals surface area contributed by atoms with E-state index in [0.29, 0.717) is 0 Å². The van der Waals surface area contributed by atoms with Crippen LogP contribution in [0.25, 0.3) is 0 Å². The first-order chi connectivity index (χ1) is 6.86. The lowest BCUT2D eigenvalue weighted by Crippen LogP contribution is -2.03. The van der Waals surface area contributed by atoms with Crippen molar-refractivity contribution in [1.82, 2.24) is 0 Å². The standard InChI is InChI=1S/C7Cl5O3/c8-1-2(9)4(11)6(15-7(13)14)5(12)3(1)10. The van der Waals surface area contributed by atoms with Crippen LogP contribution in [0.3, 0.4) is 0 Å². The Bertz CT molecular complexity index is 402. The molecule has 0 aromatic heterocycles. The highest BCUT2D eigenvalue weighted by Crippen LogP contribution is 2.48. The van der Waals surface area contributed by atoms with E-state index in [0.717, 1.165) is 0 Å². The fourth-order valence-corrected chi connectivity index (χ4v) is 1.96. The molecule has 0 N–H and O–H groups in total. The fraction of sp³-hybridized carbons (Fsp3) is 0. The topological polar surface area (TPSA) is 46.2 Å². The van der Waals surface area contributed by atoms with Gasteiger partial charge < -0.3 is 4.74 Å². The molecule has 0 aliphatic rings. The second-order valence-electron chi connectivity index (χ2n) is 2.25. The quantitative estimate of drug-likeness (QED) is 0.321. The van der Waals surface area contributed by atoms with Crippen molar-refractivity contribution in [3.8, 4) is 5.75 Å². The molecule has 0 atom stereocenters. The van der Waals surface area contributed by atoms with Crippen LogP contribution in [0.1, 0.15) is 0 Å². The van der Waals surface area contributed by atoms with Gasteiger partial charge in [0.2, 0.25) is 0 Å². The van der Waals surface area contributed by atoms with Gasteiger partial charge in [-0.2, -0.15) is 9.90 Å². The highest BCUT2D eigenvalue weighted by molar-refractivity contribution is 6.55. The lowest BCUT2D eigenvalue weighted by atomic mass is 10.3. The number of hydrogen-bond acceptors (Lipinski definition) is 2. The third-order valence-corrected chi connectivity index (χ3v) is 3.60. The smallest absolute Gasteiger partial charge is 0.389 e. The van der Waals surface area contributed by atoms with Crippen molar-refractivity contribution in [2.75, 3.05) is 0 Å². The van der Waals surface area contributed by atoms with Crippen LogP contribution in [0.4, 0.5) is 4.79 Å². The summed E-state index contributed by atoms with van der Waals surface area (Å²) in [6.07, 6.45) is -1.84. The molecule has 15 heavy (non-hydrogen) atoms. The van der Waals surface area contributed by atoms with Crippen molar-refractivity contribution in [1.29, 1.82) is 0 Å². The molecule has 1 rings (SSSR count). The summed E-state index contributed by atoms with van der Waals surface area (Å²) in [6, 6.07) is 0. The van der Waals surface area contributed by atoms with Gasteiger partial charge in [0, 0.05) is 0 Å². The van der Waals surface area contributed by atoms with E-state index in [9.17, 15) is 9.90 Å². The summed E-state index contributed by atoms with van der Waals surface area (Å²) in [5.74, 6) is -0.405. The Kier molecular flexibility index (Phi) is 4.20. The van der Waals surface area contributed by atoms with Gasteiger partial charge in [-0.1, -0.05) is 58.0 Å². The van der Waals surface area contributed by atoms with Gasteiger partial charge in [-0.15, -0.1) is 0 Å². The molecule has 1 aromatic rings. The molecule has 1 radical (unpaired) electrons. The average Bonchev–Trinajstić information content (AvgIpc) is 2.18. The number of rotatable bonds is 1. The molecule has 0 saturated carbocycles. The van der Waals surface area contributed by atoms with Crippen molar-refractivity contribution < 1.29 is 14.6 Å². The van der Waals surface area contributed by atoms with Crippen LogP contribution in [-0.4, -0.2) is 6.16 Å². The molecule has 0 aliphatic carbocycles. The highest BCUT2D eigenvalue weighted by Gasteiger charge is 2.22. The predicted octanol–water partition coefficient (Wildman–Crippen LogP) is 4.88. The number of ether oxygens (including phenoxy) is 1. The van der Waals surface area contributed by atoms with E-state index in [4.69, 9.17) is 58.0 Å². The minimum atomic E-state index is -1.84. The highest BCUT2D eigenvalue weighted by atomic mass is 35.5. The summed E-state index contributed by atoms with van der Waals surface area (Å²) in [5.41, 5.74) is 0. The van der Waals surface area contributed by atoms with Gasteiger partial charge in [-0.25, -0.2) is 0 Å². The Morgan fingerprint density at radius 3 is 1.47 bits per heavy atom. The van der Waals surface area contributed by atoms with Crippen molar-refractivity contribution >= 4 is 64.2 Å². The number of hydrogen-bond donors (Lipinski definition) is 0. The summed E-state index contributed by atoms with van der Waals surface area (Å²) in [4.78, 5) is 10.2. The third kappa shape index (κ3) is 2.55. The van der Waals surface area contributed by atoms with Gasteiger partial charge in [0.05, 0.1) is 15.1 Å². The second kappa shape index (κ2) is 4.85. The van der Waals surface area contributed by atoms with Crippen LogP contribution in [-0.2, 0) is 5.11 Å². The van der Waals surface area contributed by atoms with E-state index in [1.165, 1.54) is 0 Å². The van der Waals surface area contributed by atoms with Gasteiger partial charge in [-0.05, 0) is 0 Å². The van der Waals surface area contributed by atoms with Crippen LogP contribution in [0, 0.1) is 0 Å². The molecule has 8 heteroatoms. The first-order valence-electron chi connectivity index (χ1n) is 3.26. The molecule has 0 unspecified atom stereocenters. The van der Waals surface area contributed by atoms with E-state index >= 15 is 0 Å². The zero-order valence-corrected chi connectivity index (χ0v) is 10.4. The monoisotopic (exact) mass is 307 g/mol. The molecule has 0 fully saturated rings. The molecular formula is C7Cl5O3. The Hall–Kier alpha value is -0.0600. The maximum absolute atomic E-state index is 10.2. The largest absolute Gasteiger partial charge is 0.555 e. The summed E-state index contributed by atoms with van der Waals surface area (Å²) < 4.78 is 4.21. The van der Waals surface area contributed by atoms with Gasteiger partial charge >= 0.3 is 6.16 Å². The average molecular weight is 309 g/mol. The van der Waals surface area contributed by atoms with Crippen molar-refractivity contribution in [2.45, 2.75) is 0 Å². The number of benzene rings is 1. The van der Waals surface area contributed by atoms with E-state index in [1.807, 2.05) is 0 Å². The van der Waals surface area contributed by atoms with Gasteiger partial charge in [-0.3, -0.25) is 0 Å². The SMILES string of the molecule is [O]C(=O)Oc1c(Cl)c(Cl)c(Cl)c(Cl)c1Cl. The van der Waals surface area contributed by atoms with Crippen LogP contribution in [0.2, 0.25) is 25.1 Å². The molecule has 3 nitrogen and oxygen atoms in total. The van der Waals surface area contributed by atoms with Gasteiger partial charge in [0.1, 0.15) is 10.0 Å². The Labute approximate surface area is 109 Å². The maximum atomic E-state index is 10.2. The number of halogens is 5. The summed E-state index contributed by atoms with van der Waals surface area (Å²) in [5, 5.41) is 9.33. The van der Waals surface area contributed by atoms with E-state index < -0.39 is 11.9 Å². The van der Waals surface area contributed by atoms with Crippen molar-refractivity contribution in [3.05, 3.63) is 25.1 Å².